The van der Waals surface area contributed by atoms with E-state index in [-0.39, 0.29) is 18.6 Å². The second-order valence-electron chi connectivity index (χ2n) is 6.92. The highest BCUT2D eigenvalue weighted by Gasteiger charge is 2.25. The fourth-order valence-electron chi connectivity index (χ4n) is 3.14. The quantitative estimate of drug-likeness (QED) is 0.649. The Hall–Kier alpha value is -3.35. The molecular weight excluding hydrogens is 358 g/mol. The van der Waals surface area contributed by atoms with E-state index in [0.29, 0.717) is 36.0 Å². The largest absolute Gasteiger partial charge is 0.454 e. The Morgan fingerprint density at radius 3 is 2.61 bits per heavy atom. The van der Waals surface area contributed by atoms with E-state index < -0.39 is 0 Å². The molecule has 0 bridgehead atoms. The summed E-state index contributed by atoms with van der Waals surface area (Å²) in [5.41, 5.74) is 2.28. The van der Waals surface area contributed by atoms with Gasteiger partial charge in [0.05, 0.1) is 0 Å². The van der Waals surface area contributed by atoms with Crippen molar-refractivity contribution in [2.24, 2.45) is 0 Å². The average molecular weight is 379 g/mol. The first-order valence-corrected chi connectivity index (χ1v) is 9.12. The standard InChI is InChI=1S/C21H21N3O4/c1-14(2)20-19(23-12-26-20)21(25)24(10-15-5-7-22-8-6-15)11-16-3-4-17-18(9-16)28-13-27-17/h3-9,12,14H,10-11,13H2,1-2H3. The zero-order valence-electron chi connectivity index (χ0n) is 15.8. The van der Waals surface area contributed by atoms with Gasteiger partial charge in [-0.25, -0.2) is 4.98 Å². The van der Waals surface area contributed by atoms with Crippen LogP contribution in [0.3, 0.4) is 0 Å². The van der Waals surface area contributed by atoms with E-state index in [0.717, 1.165) is 11.1 Å². The molecule has 3 heterocycles. The smallest absolute Gasteiger partial charge is 0.276 e. The van der Waals surface area contributed by atoms with Gasteiger partial charge in [0.1, 0.15) is 5.76 Å². The summed E-state index contributed by atoms with van der Waals surface area (Å²) in [5.74, 6) is 1.89. The van der Waals surface area contributed by atoms with Crippen LogP contribution in [-0.2, 0) is 13.1 Å². The lowest BCUT2D eigenvalue weighted by Gasteiger charge is -2.23. The van der Waals surface area contributed by atoms with Crippen LogP contribution in [-0.4, -0.2) is 27.6 Å². The number of rotatable bonds is 6. The lowest BCUT2D eigenvalue weighted by Crippen LogP contribution is -2.31. The number of nitrogens with zero attached hydrogens (tertiary/aromatic N) is 3. The lowest BCUT2D eigenvalue weighted by molar-refractivity contribution is 0.0721. The van der Waals surface area contributed by atoms with E-state index in [4.69, 9.17) is 13.9 Å². The van der Waals surface area contributed by atoms with Crippen molar-refractivity contribution in [2.75, 3.05) is 6.79 Å². The second-order valence-corrected chi connectivity index (χ2v) is 6.92. The van der Waals surface area contributed by atoms with Gasteiger partial charge >= 0.3 is 0 Å². The van der Waals surface area contributed by atoms with Gasteiger partial charge in [-0.2, -0.15) is 0 Å². The first-order chi connectivity index (χ1) is 13.6. The normalized spacial score (nSPS) is 12.4. The molecule has 1 aliphatic rings. The van der Waals surface area contributed by atoms with Gasteiger partial charge in [-0.05, 0) is 35.4 Å². The van der Waals surface area contributed by atoms with Gasteiger partial charge in [-0.15, -0.1) is 0 Å². The van der Waals surface area contributed by atoms with Crippen LogP contribution in [0.25, 0.3) is 0 Å². The van der Waals surface area contributed by atoms with Crippen molar-refractivity contribution in [3.63, 3.8) is 0 Å². The molecule has 3 aromatic rings. The van der Waals surface area contributed by atoms with Crippen molar-refractivity contribution in [1.29, 1.82) is 0 Å². The number of ether oxygens (including phenoxy) is 2. The van der Waals surface area contributed by atoms with Gasteiger partial charge in [0, 0.05) is 31.4 Å². The maximum atomic E-state index is 13.3. The molecule has 0 N–H and O–H groups in total. The maximum Gasteiger partial charge on any atom is 0.276 e. The SMILES string of the molecule is CC(C)c1ocnc1C(=O)N(Cc1ccncc1)Cc1ccc2c(c1)OCO2. The molecule has 144 valence electrons. The minimum absolute atomic E-state index is 0.0646. The highest BCUT2D eigenvalue weighted by molar-refractivity contribution is 5.93. The highest BCUT2D eigenvalue weighted by Crippen LogP contribution is 2.33. The summed E-state index contributed by atoms with van der Waals surface area (Å²) in [6.45, 7) is 5.00. The third-order valence-electron chi connectivity index (χ3n) is 4.54. The lowest BCUT2D eigenvalue weighted by atomic mass is 10.1. The van der Waals surface area contributed by atoms with E-state index in [1.165, 1.54) is 6.39 Å². The Kier molecular flexibility index (Phi) is 4.97. The Morgan fingerprint density at radius 2 is 1.82 bits per heavy atom. The summed E-state index contributed by atoms with van der Waals surface area (Å²) in [6.07, 6.45) is 4.76. The number of aromatic nitrogens is 2. The van der Waals surface area contributed by atoms with Gasteiger partial charge in [0.2, 0.25) is 6.79 Å². The summed E-state index contributed by atoms with van der Waals surface area (Å²) in [4.78, 5) is 23.3. The summed E-state index contributed by atoms with van der Waals surface area (Å²) in [7, 11) is 0. The van der Waals surface area contributed by atoms with Crippen LogP contribution in [0.15, 0.2) is 53.5 Å². The number of fused-ring (bicyclic) bond motifs is 1. The van der Waals surface area contributed by atoms with Crippen LogP contribution < -0.4 is 9.47 Å². The molecule has 0 spiro atoms. The first kappa shape index (κ1) is 18.0. The number of amides is 1. The second kappa shape index (κ2) is 7.72. The van der Waals surface area contributed by atoms with Crippen molar-refractivity contribution in [1.82, 2.24) is 14.9 Å². The van der Waals surface area contributed by atoms with Crippen molar-refractivity contribution in [2.45, 2.75) is 32.9 Å². The summed E-state index contributed by atoms with van der Waals surface area (Å²) < 4.78 is 16.3. The molecule has 1 amide bonds. The topological polar surface area (TPSA) is 77.7 Å². The predicted octanol–water partition coefficient (Wildman–Crippen LogP) is 3.76. The van der Waals surface area contributed by atoms with Crippen molar-refractivity contribution in [3.05, 3.63) is 71.7 Å². The van der Waals surface area contributed by atoms with Gasteiger partial charge in [0.25, 0.3) is 5.91 Å². The molecule has 0 saturated heterocycles. The molecule has 0 fully saturated rings. The molecule has 28 heavy (non-hydrogen) atoms. The van der Waals surface area contributed by atoms with Crippen LogP contribution in [0.4, 0.5) is 0 Å². The van der Waals surface area contributed by atoms with Crippen molar-refractivity contribution >= 4 is 5.91 Å². The van der Waals surface area contributed by atoms with Gasteiger partial charge < -0.3 is 18.8 Å². The minimum atomic E-state index is -0.174. The number of carbonyl (C=O) groups excluding carboxylic acids is 1. The number of oxazole rings is 1. The summed E-state index contributed by atoms with van der Waals surface area (Å²) in [5, 5.41) is 0. The molecule has 1 aliphatic heterocycles. The number of hydrogen-bond acceptors (Lipinski definition) is 6. The van der Waals surface area contributed by atoms with Crippen molar-refractivity contribution in [3.8, 4) is 11.5 Å². The zero-order chi connectivity index (χ0) is 19.5. The average Bonchev–Trinajstić information content (AvgIpc) is 3.37. The van der Waals surface area contributed by atoms with Gasteiger partial charge in [-0.1, -0.05) is 19.9 Å². The number of hydrogen-bond donors (Lipinski definition) is 0. The molecule has 0 aliphatic carbocycles. The molecule has 0 saturated carbocycles. The molecule has 0 unspecified atom stereocenters. The van der Waals surface area contributed by atoms with Crippen LogP contribution in [0.5, 0.6) is 11.5 Å². The van der Waals surface area contributed by atoms with Crippen LogP contribution in [0, 0.1) is 0 Å². The van der Waals surface area contributed by atoms with Gasteiger partial charge in [-0.3, -0.25) is 9.78 Å². The van der Waals surface area contributed by atoms with E-state index in [1.807, 2.05) is 44.2 Å². The Labute approximate surface area is 162 Å². The third kappa shape index (κ3) is 3.69. The number of pyridine rings is 1. The van der Waals surface area contributed by atoms with Crippen LogP contribution in [0.2, 0.25) is 0 Å². The summed E-state index contributed by atoms with van der Waals surface area (Å²) >= 11 is 0. The molecule has 2 aromatic heterocycles. The molecule has 0 atom stereocenters. The fourth-order valence-corrected chi connectivity index (χ4v) is 3.14. The zero-order valence-corrected chi connectivity index (χ0v) is 15.8. The first-order valence-electron chi connectivity index (χ1n) is 9.12. The molecular formula is C21H21N3O4. The number of carbonyl (C=O) groups is 1. The summed E-state index contributed by atoms with van der Waals surface area (Å²) in [6, 6.07) is 9.49. The minimum Gasteiger partial charge on any atom is -0.454 e. The van der Waals surface area contributed by atoms with E-state index in [1.54, 1.807) is 17.3 Å². The Morgan fingerprint density at radius 1 is 1.07 bits per heavy atom. The fraction of sp³-hybridized carbons (Fsp3) is 0.286. The molecule has 0 radical (unpaired) electrons. The van der Waals surface area contributed by atoms with E-state index >= 15 is 0 Å². The third-order valence-corrected chi connectivity index (χ3v) is 4.54. The monoisotopic (exact) mass is 379 g/mol. The highest BCUT2D eigenvalue weighted by atomic mass is 16.7. The predicted molar refractivity (Wildman–Crippen MR) is 101 cm³/mol. The molecule has 7 heteroatoms. The Bertz CT molecular complexity index is 969. The molecule has 1 aromatic carbocycles. The van der Waals surface area contributed by atoms with Crippen molar-refractivity contribution < 1.29 is 18.7 Å². The molecule has 7 nitrogen and oxygen atoms in total. The number of benzene rings is 1. The van der Waals surface area contributed by atoms with E-state index in [2.05, 4.69) is 9.97 Å². The van der Waals surface area contributed by atoms with Gasteiger partial charge in [0.15, 0.2) is 23.6 Å². The van der Waals surface area contributed by atoms with Crippen LogP contribution >= 0.6 is 0 Å². The Balaban J connectivity index is 1.63. The maximum absolute atomic E-state index is 13.3. The molecule has 4 rings (SSSR count). The van der Waals surface area contributed by atoms with E-state index in [9.17, 15) is 4.79 Å². The van der Waals surface area contributed by atoms with Crippen LogP contribution in [0.1, 0.15) is 47.1 Å².